The van der Waals surface area contributed by atoms with Crippen LogP contribution < -0.4 is 0 Å². The molecule has 0 aromatic heterocycles. The molecule has 0 radical (unpaired) electrons. The minimum atomic E-state index is 0.441. The van der Waals surface area contributed by atoms with Gasteiger partial charge in [0.1, 0.15) is 0 Å². The van der Waals surface area contributed by atoms with Gasteiger partial charge in [-0.15, -0.1) is 0 Å². The average molecular weight is 304 g/mol. The zero-order valence-electron chi connectivity index (χ0n) is 13.9. The molecule has 0 aliphatic carbocycles. The van der Waals surface area contributed by atoms with Crippen LogP contribution in [-0.4, -0.2) is 6.61 Å². The molecule has 0 unspecified atom stereocenters. The lowest BCUT2D eigenvalue weighted by molar-refractivity contribution is 0.0959. The van der Waals surface area contributed by atoms with Crippen LogP contribution in [0.2, 0.25) is 0 Å². The Bertz CT molecular complexity index is 746. The Labute approximate surface area is 138 Å². The number of rotatable bonds is 6. The van der Waals surface area contributed by atoms with E-state index in [1.165, 1.54) is 21.9 Å². The Morgan fingerprint density at radius 3 is 2.22 bits per heavy atom. The van der Waals surface area contributed by atoms with Crippen molar-refractivity contribution in [3.05, 3.63) is 83.9 Å². The SMILES string of the molecule is CC(C)[C@H](COCc1ccc2ccccc2c1)c1ccccc1. The van der Waals surface area contributed by atoms with Crippen molar-refractivity contribution in [2.24, 2.45) is 5.92 Å². The molecule has 0 fully saturated rings. The first-order valence-electron chi connectivity index (χ1n) is 8.34. The van der Waals surface area contributed by atoms with Crippen LogP contribution in [-0.2, 0) is 11.3 Å². The predicted molar refractivity (Wildman–Crippen MR) is 97.6 cm³/mol. The monoisotopic (exact) mass is 304 g/mol. The van der Waals surface area contributed by atoms with E-state index >= 15 is 0 Å². The van der Waals surface area contributed by atoms with E-state index in [2.05, 4.69) is 86.6 Å². The molecular weight excluding hydrogens is 280 g/mol. The van der Waals surface area contributed by atoms with Gasteiger partial charge in [-0.05, 0) is 33.9 Å². The molecule has 118 valence electrons. The first kappa shape index (κ1) is 15.8. The molecule has 0 saturated heterocycles. The third-order valence-electron chi connectivity index (χ3n) is 4.41. The van der Waals surface area contributed by atoms with Gasteiger partial charge >= 0.3 is 0 Å². The number of hydrogen-bond donors (Lipinski definition) is 0. The van der Waals surface area contributed by atoms with Gasteiger partial charge in [-0.25, -0.2) is 0 Å². The van der Waals surface area contributed by atoms with E-state index in [-0.39, 0.29) is 0 Å². The summed E-state index contributed by atoms with van der Waals surface area (Å²) in [5, 5.41) is 2.55. The largest absolute Gasteiger partial charge is 0.376 e. The molecule has 1 heteroatoms. The fourth-order valence-corrected chi connectivity index (χ4v) is 3.01. The van der Waals surface area contributed by atoms with Crippen LogP contribution in [0, 0.1) is 5.92 Å². The molecule has 0 amide bonds. The van der Waals surface area contributed by atoms with Gasteiger partial charge < -0.3 is 4.74 Å². The Hall–Kier alpha value is -2.12. The fraction of sp³-hybridized carbons (Fsp3) is 0.273. The summed E-state index contributed by atoms with van der Waals surface area (Å²) < 4.78 is 6.05. The highest BCUT2D eigenvalue weighted by Gasteiger charge is 2.15. The second-order valence-electron chi connectivity index (χ2n) is 6.46. The number of hydrogen-bond acceptors (Lipinski definition) is 1. The van der Waals surface area contributed by atoms with Crippen LogP contribution in [0.5, 0.6) is 0 Å². The summed E-state index contributed by atoms with van der Waals surface area (Å²) in [7, 11) is 0. The maximum Gasteiger partial charge on any atom is 0.0717 e. The van der Waals surface area contributed by atoms with Crippen LogP contribution in [0.3, 0.4) is 0 Å². The van der Waals surface area contributed by atoms with E-state index in [1.54, 1.807) is 0 Å². The van der Waals surface area contributed by atoms with Gasteiger partial charge in [0.25, 0.3) is 0 Å². The molecule has 3 aromatic carbocycles. The van der Waals surface area contributed by atoms with Crippen LogP contribution >= 0.6 is 0 Å². The van der Waals surface area contributed by atoms with Crippen molar-refractivity contribution in [3.8, 4) is 0 Å². The molecule has 0 spiro atoms. The highest BCUT2D eigenvalue weighted by molar-refractivity contribution is 5.82. The Morgan fingerprint density at radius 1 is 0.783 bits per heavy atom. The molecule has 23 heavy (non-hydrogen) atoms. The van der Waals surface area contributed by atoms with Crippen molar-refractivity contribution in [2.75, 3.05) is 6.61 Å². The molecule has 3 aromatic rings. The molecule has 1 atom stereocenters. The molecule has 0 aliphatic rings. The summed E-state index contributed by atoms with van der Waals surface area (Å²) in [6, 6.07) is 25.7. The van der Waals surface area contributed by atoms with Crippen molar-refractivity contribution >= 4 is 10.8 Å². The first-order chi connectivity index (χ1) is 11.2. The molecular formula is C22H24O. The summed E-state index contributed by atoms with van der Waals surface area (Å²) >= 11 is 0. The van der Waals surface area contributed by atoms with Crippen molar-refractivity contribution < 1.29 is 4.74 Å². The predicted octanol–water partition coefficient (Wildman–Crippen LogP) is 5.80. The zero-order chi connectivity index (χ0) is 16.1. The van der Waals surface area contributed by atoms with Crippen LogP contribution in [0.25, 0.3) is 10.8 Å². The van der Waals surface area contributed by atoms with Crippen LogP contribution in [0.4, 0.5) is 0 Å². The second kappa shape index (κ2) is 7.43. The van der Waals surface area contributed by atoms with Gasteiger partial charge in [-0.3, -0.25) is 0 Å². The standard InChI is InChI=1S/C22H24O/c1-17(2)22(20-9-4-3-5-10-20)16-23-15-18-12-13-19-8-6-7-11-21(19)14-18/h3-14,17,22H,15-16H2,1-2H3/t22-/m0/s1. The smallest absolute Gasteiger partial charge is 0.0717 e. The van der Waals surface area contributed by atoms with E-state index in [9.17, 15) is 0 Å². The summed E-state index contributed by atoms with van der Waals surface area (Å²) in [6.45, 7) is 5.95. The maximum absolute atomic E-state index is 6.05. The number of fused-ring (bicyclic) bond motifs is 1. The first-order valence-corrected chi connectivity index (χ1v) is 8.34. The van der Waals surface area contributed by atoms with Crippen molar-refractivity contribution in [3.63, 3.8) is 0 Å². The van der Waals surface area contributed by atoms with Crippen molar-refractivity contribution in [1.29, 1.82) is 0 Å². The van der Waals surface area contributed by atoms with Gasteiger partial charge in [0, 0.05) is 5.92 Å². The van der Waals surface area contributed by atoms with E-state index < -0.39 is 0 Å². The van der Waals surface area contributed by atoms with Gasteiger partial charge in [0.2, 0.25) is 0 Å². The molecule has 1 nitrogen and oxygen atoms in total. The third kappa shape index (κ3) is 4.00. The lowest BCUT2D eigenvalue weighted by atomic mass is 9.89. The molecule has 0 N–H and O–H groups in total. The Kier molecular flexibility index (Phi) is 5.09. The highest BCUT2D eigenvalue weighted by atomic mass is 16.5. The topological polar surface area (TPSA) is 9.23 Å². The van der Waals surface area contributed by atoms with Gasteiger partial charge in [-0.1, -0.05) is 80.6 Å². The minimum absolute atomic E-state index is 0.441. The summed E-state index contributed by atoms with van der Waals surface area (Å²) in [5.74, 6) is 1.01. The van der Waals surface area contributed by atoms with Gasteiger partial charge in [0.05, 0.1) is 13.2 Å². The highest BCUT2D eigenvalue weighted by Crippen LogP contribution is 2.25. The van der Waals surface area contributed by atoms with Crippen molar-refractivity contribution in [1.82, 2.24) is 0 Å². The van der Waals surface area contributed by atoms with Crippen molar-refractivity contribution in [2.45, 2.75) is 26.4 Å². The van der Waals surface area contributed by atoms with Gasteiger partial charge in [0.15, 0.2) is 0 Å². The minimum Gasteiger partial charge on any atom is -0.376 e. The van der Waals surface area contributed by atoms with Gasteiger partial charge in [-0.2, -0.15) is 0 Å². The molecule has 0 aliphatic heterocycles. The lowest BCUT2D eigenvalue weighted by Crippen LogP contribution is -2.14. The maximum atomic E-state index is 6.05. The normalized spacial score (nSPS) is 12.7. The summed E-state index contributed by atoms with van der Waals surface area (Å²) in [4.78, 5) is 0. The second-order valence-corrected chi connectivity index (χ2v) is 6.46. The molecule has 0 heterocycles. The summed E-state index contributed by atoms with van der Waals surface area (Å²) in [5.41, 5.74) is 2.60. The molecule has 0 bridgehead atoms. The van der Waals surface area contributed by atoms with Crippen LogP contribution in [0.15, 0.2) is 72.8 Å². The summed E-state index contributed by atoms with van der Waals surface area (Å²) in [6.07, 6.45) is 0. The van der Waals surface area contributed by atoms with Crippen LogP contribution in [0.1, 0.15) is 30.9 Å². The number of benzene rings is 3. The quantitative estimate of drug-likeness (QED) is 0.559. The molecule has 0 saturated carbocycles. The van der Waals surface area contributed by atoms with E-state index in [0.29, 0.717) is 18.4 Å². The fourth-order valence-electron chi connectivity index (χ4n) is 3.01. The molecule has 3 rings (SSSR count). The third-order valence-corrected chi connectivity index (χ3v) is 4.41. The Balaban J connectivity index is 1.64. The van der Waals surface area contributed by atoms with E-state index in [4.69, 9.17) is 4.74 Å². The lowest BCUT2D eigenvalue weighted by Gasteiger charge is -2.21. The number of ether oxygens (including phenoxy) is 1. The zero-order valence-corrected chi connectivity index (χ0v) is 13.9. The Morgan fingerprint density at radius 2 is 1.48 bits per heavy atom. The average Bonchev–Trinajstić information content (AvgIpc) is 2.59. The van der Waals surface area contributed by atoms with E-state index in [1.807, 2.05) is 0 Å². The van der Waals surface area contributed by atoms with E-state index in [0.717, 1.165) is 6.61 Å².